The second-order valence-electron chi connectivity index (χ2n) is 7.34. The molecule has 2 rings (SSSR count). The average Bonchev–Trinajstić information content (AvgIpc) is 2.84. The van der Waals surface area contributed by atoms with Crippen molar-refractivity contribution in [3.05, 3.63) is 49.4 Å². The van der Waals surface area contributed by atoms with E-state index in [0.29, 0.717) is 15.8 Å². The minimum absolute atomic E-state index is 0.00878. The van der Waals surface area contributed by atoms with Crippen molar-refractivity contribution in [2.45, 2.75) is 40.5 Å². The second kappa shape index (κ2) is 8.49. The zero-order valence-corrected chi connectivity index (χ0v) is 17.0. The maximum absolute atomic E-state index is 12.5. The molecule has 0 saturated carbocycles. The van der Waals surface area contributed by atoms with Gasteiger partial charge in [-0.1, -0.05) is 46.2 Å². The van der Waals surface area contributed by atoms with Crippen molar-refractivity contribution >= 4 is 29.3 Å². The number of carbonyl (C=O) groups is 1. The number of Topliss-reactive ketones (excluding diaryl/α,β-unsaturated/α-hetero) is 1. The first kappa shape index (κ1) is 20.2. The standard InChI is InChI=1S/C21H27NO3S/c1-6-7-12-25-16-10-8-15(9-11-16)13-17-20(24)22(5)19(26-17)14-18(23)21(2,3)4/h8-11,13-14H,6-7,12H2,1-5H3/b17-13-,19-14-. The zero-order valence-electron chi connectivity index (χ0n) is 16.2. The summed E-state index contributed by atoms with van der Waals surface area (Å²) in [6.45, 7) is 8.45. The Morgan fingerprint density at radius 1 is 1.23 bits per heavy atom. The fraction of sp³-hybridized carbons (Fsp3) is 0.429. The van der Waals surface area contributed by atoms with Gasteiger partial charge in [-0.05, 0) is 30.2 Å². The molecule has 140 valence electrons. The van der Waals surface area contributed by atoms with Crippen molar-refractivity contribution in [3.8, 4) is 5.75 Å². The Morgan fingerprint density at radius 2 is 1.88 bits per heavy atom. The summed E-state index contributed by atoms with van der Waals surface area (Å²) in [5, 5.41) is 0. The van der Waals surface area contributed by atoms with E-state index in [0.717, 1.165) is 24.2 Å². The van der Waals surface area contributed by atoms with Crippen LogP contribution in [0.2, 0.25) is 0 Å². The molecule has 0 aliphatic heterocycles. The number of hydrogen-bond donors (Lipinski definition) is 0. The number of hydrogen-bond acceptors (Lipinski definition) is 4. The number of ketones is 1. The molecule has 26 heavy (non-hydrogen) atoms. The number of benzene rings is 1. The number of aromatic nitrogens is 1. The molecule has 0 atom stereocenters. The number of thiazole rings is 1. The van der Waals surface area contributed by atoms with Gasteiger partial charge in [0, 0.05) is 18.5 Å². The van der Waals surface area contributed by atoms with E-state index in [-0.39, 0.29) is 11.3 Å². The summed E-state index contributed by atoms with van der Waals surface area (Å²) in [6, 6.07) is 7.69. The van der Waals surface area contributed by atoms with Crippen LogP contribution in [0.3, 0.4) is 0 Å². The van der Waals surface area contributed by atoms with Gasteiger partial charge in [0.2, 0.25) is 0 Å². The molecule has 0 unspecified atom stereocenters. The molecule has 0 radical (unpaired) electrons. The molecule has 1 heterocycles. The van der Waals surface area contributed by atoms with Crippen LogP contribution in [0.4, 0.5) is 0 Å². The van der Waals surface area contributed by atoms with Crippen LogP contribution < -0.4 is 19.5 Å². The van der Waals surface area contributed by atoms with E-state index in [1.807, 2.05) is 51.1 Å². The third kappa shape index (κ3) is 5.18. The summed E-state index contributed by atoms with van der Waals surface area (Å²) in [6.07, 6.45) is 5.55. The van der Waals surface area contributed by atoms with Crippen molar-refractivity contribution in [3.63, 3.8) is 0 Å². The van der Waals surface area contributed by atoms with Crippen molar-refractivity contribution in [2.24, 2.45) is 12.5 Å². The Morgan fingerprint density at radius 3 is 2.46 bits per heavy atom. The molecular formula is C21H27NO3S. The lowest BCUT2D eigenvalue weighted by Gasteiger charge is -2.12. The zero-order chi connectivity index (χ0) is 19.3. The van der Waals surface area contributed by atoms with Crippen LogP contribution in [0.15, 0.2) is 29.1 Å². The van der Waals surface area contributed by atoms with Crippen molar-refractivity contribution < 1.29 is 9.53 Å². The van der Waals surface area contributed by atoms with Gasteiger partial charge in [-0.2, -0.15) is 0 Å². The van der Waals surface area contributed by atoms with Crippen LogP contribution in [0.25, 0.3) is 12.2 Å². The molecule has 0 spiro atoms. The molecule has 0 fully saturated rings. The van der Waals surface area contributed by atoms with Crippen LogP contribution in [-0.4, -0.2) is 17.0 Å². The highest BCUT2D eigenvalue weighted by Gasteiger charge is 2.19. The highest BCUT2D eigenvalue weighted by molar-refractivity contribution is 7.07. The summed E-state index contributed by atoms with van der Waals surface area (Å²) in [5.74, 6) is 0.842. The van der Waals surface area contributed by atoms with Gasteiger partial charge in [-0.25, -0.2) is 0 Å². The largest absolute Gasteiger partial charge is 0.494 e. The summed E-state index contributed by atoms with van der Waals surface area (Å²) < 4.78 is 8.46. The SMILES string of the molecule is CCCCOc1ccc(/C=c2\s/c(=C\C(=O)C(C)(C)C)n(C)c2=O)cc1. The quantitative estimate of drug-likeness (QED) is 0.732. The first-order valence-corrected chi connectivity index (χ1v) is 9.70. The monoisotopic (exact) mass is 373 g/mol. The third-order valence-corrected chi connectivity index (χ3v) is 5.11. The van der Waals surface area contributed by atoms with Gasteiger partial charge in [0.25, 0.3) is 5.56 Å². The van der Waals surface area contributed by atoms with E-state index in [9.17, 15) is 9.59 Å². The van der Waals surface area contributed by atoms with Crippen molar-refractivity contribution in [1.82, 2.24) is 4.57 Å². The van der Waals surface area contributed by atoms with Crippen LogP contribution in [0, 0.1) is 5.41 Å². The molecule has 2 aromatic rings. The number of carbonyl (C=O) groups excluding carboxylic acids is 1. The van der Waals surface area contributed by atoms with Gasteiger partial charge < -0.3 is 9.30 Å². The smallest absolute Gasteiger partial charge is 0.268 e. The van der Waals surface area contributed by atoms with Gasteiger partial charge in [0.15, 0.2) is 5.78 Å². The highest BCUT2D eigenvalue weighted by Crippen LogP contribution is 2.15. The lowest BCUT2D eigenvalue weighted by molar-refractivity contribution is -0.120. The molecule has 0 bridgehead atoms. The predicted octanol–water partition coefficient (Wildman–Crippen LogP) is 2.85. The van der Waals surface area contributed by atoms with Gasteiger partial charge in [0.1, 0.15) is 10.4 Å². The highest BCUT2D eigenvalue weighted by atomic mass is 32.1. The molecule has 0 amide bonds. The van der Waals surface area contributed by atoms with Gasteiger partial charge in [-0.3, -0.25) is 9.59 Å². The maximum atomic E-state index is 12.5. The van der Waals surface area contributed by atoms with Gasteiger partial charge in [-0.15, -0.1) is 11.3 Å². The summed E-state index contributed by atoms with van der Waals surface area (Å²) in [7, 11) is 1.70. The van der Waals surface area contributed by atoms with Crippen LogP contribution in [0.5, 0.6) is 5.75 Å². The minimum atomic E-state index is -0.461. The maximum Gasteiger partial charge on any atom is 0.268 e. The Labute approximate surface area is 158 Å². The number of rotatable bonds is 6. The van der Waals surface area contributed by atoms with Crippen LogP contribution >= 0.6 is 11.3 Å². The molecule has 0 saturated heterocycles. The van der Waals surface area contributed by atoms with Gasteiger partial charge >= 0.3 is 0 Å². The molecule has 0 aliphatic carbocycles. The second-order valence-corrected chi connectivity index (χ2v) is 8.40. The van der Waals surface area contributed by atoms with Crippen molar-refractivity contribution in [2.75, 3.05) is 6.61 Å². The van der Waals surface area contributed by atoms with Crippen LogP contribution in [0.1, 0.15) is 46.1 Å². The lowest BCUT2D eigenvalue weighted by atomic mass is 9.91. The molecule has 1 aromatic heterocycles. The Bertz CT molecular complexity index is 928. The van der Waals surface area contributed by atoms with E-state index >= 15 is 0 Å². The summed E-state index contributed by atoms with van der Waals surface area (Å²) in [4.78, 5) is 24.7. The molecule has 4 nitrogen and oxygen atoms in total. The van der Waals surface area contributed by atoms with E-state index in [2.05, 4.69) is 6.92 Å². The van der Waals surface area contributed by atoms with E-state index in [1.165, 1.54) is 15.9 Å². The number of nitrogens with zero attached hydrogens (tertiary/aromatic N) is 1. The average molecular weight is 374 g/mol. The Balaban J connectivity index is 2.32. The number of ether oxygens (including phenoxy) is 1. The Hall–Kier alpha value is -2.14. The summed E-state index contributed by atoms with van der Waals surface area (Å²) >= 11 is 1.33. The van der Waals surface area contributed by atoms with E-state index < -0.39 is 5.41 Å². The predicted molar refractivity (Wildman–Crippen MR) is 108 cm³/mol. The first-order chi connectivity index (χ1) is 12.2. The minimum Gasteiger partial charge on any atom is -0.494 e. The van der Waals surface area contributed by atoms with Crippen LogP contribution in [-0.2, 0) is 11.8 Å². The fourth-order valence-corrected chi connectivity index (χ4v) is 3.21. The summed E-state index contributed by atoms with van der Waals surface area (Å²) in [5.41, 5.74) is 0.379. The molecule has 0 N–H and O–H groups in total. The lowest BCUT2D eigenvalue weighted by Crippen LogP contribution is -2.30. The first-order valence-electron chi connectivity index (χ1n) is 8.89. The Kier molecular flexibility index (Phi) is 6.59. The molecule has 0 aliphatic rings. The third-order valence-electron chi connectivity index (χ3n) is 4.00. The van der Waals surface area contributed by atoms with E-state index in [1.54, 1.807) is 13.1 Å². The number of unbranched alkanes of at least 4 members (excludes halogenated alkanes) is 1. The fourth-order valence-electron chi connectivity index (χ4n) is 2.18. The normalized spacial score (nSPS) is 13.3. The van der Waals surface area contributed by atoms with E-state index in [4.69, 9.17) is 4.74 Å². The molecular weight excluding hydrogens is 346 g/mol. The molecule has 1 aromatic carbocycles. The van der Waals surface area contributed by atoms with Crippen molar-refractivity contribution in [1.29, 1.82) is 0 Å². The van der Waals surface area contributed by atoms with Gasteiger partial charge in [0.05, 0.1) is 11.1 Å². The topological polar surface area (TPSA) is 48.3 Å². The molecule has 5 heteroatoms.